The number of piperidine rings is 1. The van der Waals surface area contributed by atoms with Crippen molar-refractivity contribution in [3.8, 4) is 0 Å². The molecule has 0 radical (unpaired) electrons. The Hall–Kier alpha value is -0.0400. The van der Waals surface area contributed by atoms with Gasteiger partial charge in [0.2, 0.25) is 0 Å². The van der Waals surface area contributed by atoms with Crippen LogP contribution in [0.3, 0.4) is 0 Å². The maximum Gasteiger partial charge on any atom is 0.0152 e. The van der Waals surface area contributed by atoms with Gasteiger partial charge in [-0.2, -0.15) is 0 Å². The van der Waals surface area contributed by atoms with Gasteiger partial charge in [-0.3, -0.25) is 4.90 Å². The second-order valence-corrected chi connectivity index (χ2v) is 5.49. The van der Waals surface area contributed by atoms with Gasteiger partial charge in [-0.1, -0.05) is 27.7 Å². The summed E-state index contributed by atoms with van der Waals surface area (Å²) < 4.78 is 0. The van der Waals surface area contributed by atoms with Crippen LogP contribution in [0.25, 0.3) is 0 Å². The van der Waals surface area contributed by atoms with E-state index in [0.29, 0.717) is 5.41 Å². The maximum absolute atomic E-state index is 2.76. The van der Waals surface area contributed by atoms with Gasteiger partial charge < -0.3 is 0 Å². The smallest absolute Gasteiger partial charge is 0.0152 e. The van der Waals surface area contributed by atoms with Gasteiger partial charge in [-0.25, -0.2) is 0 Å². The van der Waals surface area contributed by atoms with Crippen molar-refractivity contribution >= 4 is 0 Å². The molecule has 1 aliphatic carbocycles. The van der Waals surface area contributed by atoms with E-state index in [1.807, 2.05) is 0 Å². The first-order valence-electron chi connectivity index (χ1n) is 5.86. The molecule has 1 saturated heterocycles. The van der Waals surface area contributed by atoms with Gasteiger partial charge in [-0.15, -0.1) is 0 Å². The highest BCUT2D eigenvalue weighted by Gasteiger charge is 2.54. The summed E-state index contributed by atoms with van der Waals surface area (Å²) >= 11 is 0. The largest absolute Gasteiger partial charge is 0.297 e. The van der Waals surface area contributed by atoms with E-state index in [2.05, 4.69) is 32.6 Å². The zero-order chi connectivity index (χ0) is 9.64. The Bertz CT molecular complexity index is 197. The van der Waals surface area contributed by atoms with Gasteiger partial charge in [0.1, 0.15) is 0 Å². The van der Waals surface area contributed by atoms with Crippen LogP contribution >= 0.6 is 0 Å². The molecule has 1 aliphatic heterocycles. The van der Waals surface area contributed by atoms with Crippen LogP contribution in [0.2, 0.25) is 0 Å². The van der Waals surface area contributed by atoms with Crippen LogP contribution in [0.1, 0.15) is 47.0 Å². The van der Waals surface area contributed by atoms with E-state index in [-0.39, 0.29) is 0 Å². The molecule has 3 unspecified atom stereocenters. The van der Waals surface area contributed by atoms with Crippen LogP contribution in [0, 0.1) is 11.3 Å². The van der Waals surface area contributed by atoms with Gasteiger partial charge >= 0.3 is 0 Å². The Labute approximate surface area is 82.5 Å². The van der Waals surface area contributed by atoms with Gasteiger partial charge in [-0.05, 0) is 37.1 Å². The van der Waals surface area contributed by atoms with Gasteiger partial charge in [0.05, 0.1) is 0 Å². The fraction of sp³-hybridized carbons (Fsp3) is 1.00. The maximum atomic E-state index is 2.76. The molecule has 0 aromatic carbocycles. The summed E-state index contributed by atoms with van der Waals surface area (Å²) in [6.45, 7) is 10.8. The Morgan fingerprint density at radius 2 is 1.92 bits per heavy atom. The first-order valence-corrected chi connectivity index (χ1v) is 5.86. The molecular weight excluding hydrogens is 158 g/mol. The summed E-state index contributed by atoms with van der Waals surface area (Å²) in [4.78, 5) is 2.76. The zero-order valence-corrected chi connectivity index (χ0v) is 9.51. The average Bonchev–Trinajstić information content (AvgIpc) is 2.78. The molecule has 0 bridgehead atoms. The number of rotatable bonds is 3. The van der Waals surface area contributed by atoms with Crippen molar-refractivity contribution < 1.29 is 0 Å². The lowest BCUT2D eigenvalue weighted by atomic mass is 9.79. The molecule has 1 heteroatoms. The van der Waals surface area contributed by atoms with Gasteiger partial charge in [0.25, 0.3) is 0 Å². The summed E-state index contributed by atoms with van der Waals surface area (Å²) in [6, 6.07) is 1.84. The highest BCUT2D eigenvalue weighted by atomic mass is 15.3. The molecule has 1 nitrogen and oxygen atoms in total. The lowest BCUT2D eigenvalue weighted by molar-refractivity contribution is 0.104. The van der Waals surface area contributed by atoms with Crippen molar-refractivity contribution in [2.45, 2.75) is 59.0 Å². The van der Waals surface area contributed by atoms with Crippen molar-refractivity contribution in [2.75, 3.05) is 6.54 Å². The quantitative estimate of drug-likeness (QED) is 0.647. The van der Waals surface area contributed by atoms with Crippen LogP contribution in [0.4, 0.5) is 0 Å². The van der Waals surface area contributed by atoms with E-state index in [1.165, 1.54) is 25.8 Å². The minimum Gasteiger partial charge on any atom is -0.297 e. The predicted octanol–water partition coefficient (Wildman–Crippen LogP) is 2.91. The third-order valence-electron chi connectivity index (χ3n) is 4.42. The summed E-state index contributed by atoms with van der Waals surface area (Å²) in [6.07, 6.45) is 4.27. The normalized spacial score (nSPS) is 39.2. The van der Waals surface area contributed by atoms with Gasteiger partial charge in [0.15, 0.2) is 0 Å². The molecule has 1 heterocycles. The summed E-state index contributed by atoms with van der Waals surface area (Å²) in [5.41, 5.74) is 0.531. The van der Waals surface area contributed by atoms with Crippen molar-refractivity contribution in [1.29, 1.82) is 0 Å². The first-order chi connectivity index (χ1) is 6.10. The van der Waals surface area contributed by atoms with E-state index in [1.54, 1.807) is 0 Å². The molecule has 13 heavy (non-hydrogen) atoms. The number of hydrogen-bond acceptors (Lipinski definition) is 1. The van der Waals surface area contributed by atoms with Crippen LogP contribution in [-0.2, 0) is 0 Å². The topological polar surface area (TPSA) is 3.24 Å². The number of nitrogens with zero attached hydrogens (tertiary/aromatic N) is 1. The molecule has 0 amide bonds. The van der Waals surface area contributed by atoms with Gasteiger partial charge in [0, 0.05) is 12.1 Å². The lowest BCUT2D eigenvalue weighted by Crippen LogP contribution is -2.42. The summed E-state index contributed by atoms with van der Waals surface area (Å²) in [5.74, 6) is 1.07. The number of hydrogen-bond donors (Lipinski definition) is 0. The van der Waals surface area contributed by atoms with E-state index in [4.69, 9.17) is 0 Å². The minimum atomic E-state index is 0.531. The predicted molar refractivity (Wildman–Crippen MR) is 56.8 cm³/mol. The minimum absolute atomic E-state index is 0.531. The SMILES string of the molecule is CCN1C2CC2CC1C(C)(C)CC. The second-order valence-electron chi connectivity index (χ2n) is 5.49. The van der Waals surface area contributed by atoms with Crippen LogP contribution in [-0.4, -0.2) is 23.5 Å². The molecule has 0 aromatic rings. The molecule has 2 aliphatic rings. The molecule has 0 N–H and O–H groups in total. The van der Waals surface area contributed by atoms with E-state index >= 15 is 0 Å². The highest BCUT2D eigenvalue weighted by Crippen LogP contribution is 2.52. The molecule has 2 fully saturated rings. The van der Waals surface area contributed by atoms with Crippen molar-refractivity contribution in [3.63, 3.8) is 0 Å². The third kappa shape index (κ3) is 1.41. The van der Waals surface area contributed by atoms with E-state index in [0.717, 1.165) is 18.0 Å². The Morgan fingerprint density at radius 3 is 2.46 bits per heavy atom. The summed E-state index contributed by atoms with van der Waals surface area (Å²) in [7, 11) is 0. The number of fused-ring (bicyclic) bond motifs is 1. The van der Waals surface area contributed by atoms with Crippen LogP contribution in [0.5, 0.6) is 0 Å². The molecular formula is C12H23N. The van der Waals surface area contributed by atoms with E-state index < -0.39 is 0 Å². The fourth-order valence-corrected chi connectivity index (χ4v) is 3.00. The average molecular weight is 181 g/mol. The Morgan fingerprint density at radius 1 is 1.23 bits per heavy atom. The monoisotopic (exact) mass is 181 g/mol. The standard InChI is InChI=1S/C12H23N/c1-5-12(3,4)11-8-9-7-10(9)13(11)6-2/h9-11H,5-8H2,1-4H3. The molecule has 3 atom stereocenters. The molecule has 2 rings (SSSR count). The summed E-state index contributed by atoms with van der Waals surface area (Å²) in [5, 5.41) is 0. The fourth-order valence-electron chi connectivity index (χ4n) is 3.00. The Kier molecular flexibility index (Phi) is 2.18. The van der Waals surface area contributed by atoms with Crippen LogP contribution < -0.4 is 0 Å². The first kappa shape index (κ1) is 9.51. The van der Waals surface area contributed by atoms with Crippen molar-refractivity contribution in [2.24, 2.45) is 11.3 Å². The van der Waals surface area contributed by atoms with Crippen molar-refractivity contribution in [3.05, 3.63) is 0 Å². The number of likely N-dealkylation sites (tertiary alicyclic amines) is 1. The molecule has 76 valence electrons. The Balaban J connectivity index is 2.07. The molecule has 1 saturated carbocycles. The zero-order valence-electron chi connectivity index (χ0n) is 9.51. The highest BCUT2D eigenvalue weighted by molar-refractivity contribution is 5.08. The lowest BCUT2D eigenvalue weighted by Gasteiger charge is -2.38. The van der Waals surface area contributed by atoms with Crippen LogP contribution in [0.15, 0.2) is 0 Å². The van der Waals surface area contributed by atoms with Crippen molar-refractivity contribution in [1.82, 2.24) is 4.90 Å². The third-order valence-corrected chi connectivity index (χ3v) is 4.42. The molecule has 0 spiro atoms. The van der Waals surface area contributed by atoms with E-state index in [9.17, 15) is 0 Å². The second kappa shape index (κ2) is 2.98. The molecule has 0 aromatic heterocycles.